The van der Waals surface area contributed by atoms with Crippen molar-refractivity contribution in [3.8, 4) is 22.6 Å². The van der Waals surface area contributed by atoms with Gasteiger partial charge in [0.2, 0.25) is 0 Å². The van der Waals surface area contributed by atoms with Crippen molar-refractivity contribution in [3.63, 3.8) is 0 Å². The maximum Gasteiger partial charge on any atom is 0.320 e. The van der Waals surface area contributed by atoms with E-state index in [2.05, 4.69) is 0 Å². The van der Waals surface area contributed by atoms with E-state index in [9.17, 15) is 14.7 Å². The zero-order valence-corrected chi connectivity index (χ0v) is 18.3. The minimum absolute atomic E-state index is 0.251. The summed E-state index contributed by atoms with van der Waals surface area (Å²) in [6.07, 6.45) is 3.94. The zero-order chi connectivity index (χ0) is 22.5. The Morgan fingerprint density at radius 1 is 0.774 bits per heavy atom. The molecule has 0 saturated heterocycles. The Balaban J connectivity index is 1.66. The van der Waals surface area contributed by atoms with E-state index in [0.29, 0.717) is 13.0 Å². The van der Waals surface area contributed by atoms with Crippen LogP contribution in [0, 0.1) is 5.92 Å². The lowest BCUT2D eigenvalue weighted by Gasteiger charge is -2.14. The van der Waals surface area contributed by atoms with Crippen LogP contribution in [0.15, 0.2) is 48.5 Å². The third-order valence-corrected chi connectivity index (χ3v) is 4.85. The molecule has 0 amide bonds. The van der Waals surface area contributed by atoms with E-state index in [1.807, 2.05) is 36.4 Å². The largest absolute Gasteiger partial charge is 0.508 e. The highest BCUT2D eigenvalue weighted by Crippen LogP contribution is 2.24. The van der Waals surface area contributed by atoms with Crippen molar-refractivity contribution >= 4 is 11.9 Å². The molecule has 0 spiro atoms. The number of carbonyl (C=O) groups is 2. The summed E-state index contributed by atoms with van der Waals surface area (Å²) >= 11 is 0. The Kier molecular flexibility index (Phi) is 10.4. The molecule has 0 bridgehead atoms. The summed E-state index contributed by atoms with van der Waals surface area (Å²) < 4.78 is 15.8. The van der Waals surface area contributed by atoms with Crippen molar-refractivity contribution < 1.29 is 28.9 Å². The molecule has 0 unspecified atom stereocenters. The summed E-state index contributed by atoms with van der Waals surface area (Å²) in [7, 11) is 0. The van der Waals surface area contributed by atoms with Crippen LogP contribution >= 0.6 is 0 Å². The number of hydrogen-bond acceptors (Lipinski definition) is 6. The summed E-state index contributed by atoms with van der Waals surface area (Å²) in [4.78, 5) is 23.9. The van der Waals surface area contributed by atoms with Crippen LogP contribution < -0.4 is 4.74 Å². The van der Waals surface area contributed by atoms with Crippen molar-refractivity contribution in [3.05, 3.63) is 48.5 Å². The topological polar surface area (TPSA) is 82.1 Å². The van der Waals surface area contributed by atoms with E-state index in [0.717, 1.165) is 42.6 Å². The number of benzene rings is 2. The Labute approximate surface area is 184 Å². The molecular formula is C25H32O6. The summed E-state index contributed by atoms with van der Waals surface area (Å²) in [5.41, 5.74) is 2.10. The lowest BCUT2D eigenvalue weighted by atomic mass is 10.0. The smallest absolute Gasteiger partial charge is 0.320 e. The van der Waals surface area contributed by atoms with Gasteiger partial charge in [0.05, 0.1) is 19.8 Å². The molecule has 0 atom stereocenters. The molecule has 0 aliphatic heterocycles. The van der Waals surface area contributed by atoms with Gasteiger partial charge < -0.3 is 19.3 Å². The van der Waals surface area contributed by atoms with Gasteiger partial charge in [0.1, 0.15) is 11.5 Å². The molecule has 168 valence electrons. The van der Waals surface area contributed by atoms with Crippen molar-refractivity contribution in [2.75, 3.05) is 19.8 Å². The highest BCUT2D eigenvalue weighted by Gasteiger charge is 2.28. The second-order valence-corrected chi connectivity index (χ2v) is 7.18. The van der Waals surface area contributed by atoms with Gasteiger partial charge in [0.15, 0.2) is 5.92 Å². The van der Waals surface area contributed by atoms with Crippen LogP contribution in [0.5, 0.6) is 11.5 Å². The number of aromatic hydroxyl groups is 1. The first-order valence-electron chi connectivity index (χ1n) is 10.9. The monoisotopic (exact) mass is 428 g/mol. The first-order valence-corrected chi connectivity index (χ1v) is 10.9. The van der Waals surface area contributed by atoms with E-state index < -0.39 is 17.9 Å². The average molecular weight is 429 g/mol. The Morgan fingerprint density at radius 3 is 1.84 bits per heavy atom. The van der Waals surface area contributed by atoms with Gasteiger partial charge in [0.25, 0.3) is 0 Å². The number of rotatable bonds is 13. The molecule has 1 N–H and O–H groups in total. The van der Waals surface area contributed by atoms with Crippen LogP contribution in [0.4, 0.5) is 0 Å². The van der Waals surface area contributed by atoms with Crippen LogP contribution in [-0.2, 0) is 19.1 Å². The third kappa shape index (κ3) is 8.32. The van der Waals surface area contributed by atoms with Gasteiger partial charge in [-0.15, -0.1) is 0 Å². The van der Waals surface area contributed by atoms with Gasteiger partial charge in [0, 0.05) is 0 Å². The lowest BCUT2D eigenvalue weighted by molar-refractivity contribution is -0.161. The van der Waals surface area contributed by atoms with E-state index in [-0.39, 0.29) is 19.0 Å². The number of carbonyl (C=O) groups excluding carboxylic acids is 2. The average Bonchev–Trinajstić information content (AvgIpc) is 2.77. The highest BCUT2D eigenvalue weighted by atomic mass is 16.6. The van der Waals surface area contributed by atoms with Gasteiger partial charge in [-0.2, -0.15) is 0 Å². The first-order chi connectivity index (χ1) is 15.0. The molecule has 0 saturated carbocycles. The van der Waals surface area contributed by atoms with Crippen molar-refractivity contribution in [2.45, 2.75) is 46.0 Å². The van der Waals surface area contributed by atoms with Gasteiger partial charge in [-0.05, 0) is 62.1 Å². The molecule has 0 aliphatic carbocycles. The molecule has 2 rings (SSSR count). The number of hydrogen-bond donors (Lipinski definition) is 1. The molecule has 6 nitrogen and oxygen atoms in total. The fourth-order valence-corrected chi connectivity index (χ4v) is 3.21. The van der Waals surface area contributed by atoms with Crippen molar-refractivity contribution in [1.29, 1.82) is 0 Å². The molecule has 31 heavy (non-hydrogen) atoms. The molecule has 6 heteroatoms. The predicted octanol–water partition coefficient (Wildman–Crippen LogP) is 5.13. The molecule has 0 heterocycles. The van der Waals surface area contributed by atoms with E-state index in [4.69, 9.17) is 14.2 Å². The normalized spacial score (nSPS) is 10.7. The molecule has 2 aromatic carbocycles. The standard InChI is InChI=1S/C25H32O6/c1-3-29-24(27)23(25(28)30-4-2)9-7-5-6-8-18-31-22-16-12-20(13-17-22)19-10-14-21(26)15-11-19/h10-17,23,26H,3-9,18H2,1-2H3. The molecule has 0 aliphatic rings. The number of ether oxygens (including phenoxy) is 3. The van der Waals surface area contributed by atoms with Gasteiger partial charge in [-0.1, -0.05) is 43.5 Å². The van der Waals surface area contributed by atoms with Crippen molar-refractivity contribution in [1.82, 2.24) is 0 Å². The molecule has 0 aromatic heterocycles. The summed E-state index contributed by atoms with van der Waals surface area (Å²) in [5, 5.41) is 9.38. The maximum absolute atomic E-state index is 12.0. The maximum atomic E-state index is 12.0. The molecule has 0 radical (unpaired) electrons. The fraction of sp³-hybridized carbons (Fsp3) is 0.440. The Morgan fingerprint density at radius 2 is 1.29 bits per heavy atom. The SMILES string of the molecule is CCOC(=O)C(CCCCCCOc1ccc(-c2ccc(O)cc2)cc1)C(=O)OCC. The van der Waals surface area contributed by atoms with Crippen LogP contribution in [0.3, 0.4) is 0 Å². The molecular weight excluding hydrogens is 396 g/mol. The number of esters is 2. The number of phenols is 1. The predicted molar refractivity (Wildman–Crippen MR) is 119 cm³/mol. The van der Waals surface area contributed by atoms with E-state index in [1.165, 1.54) is 0 Å². The Bertz CT molecular complexity index is 780. The highest BCUT2D eigenvalue weighted by molar-refractivity contribution is 5.94. The minimum atomic E-state index is -0.830. The summed E-state index contributed by atoms with van der Waals surface area (Å²) in [6, 6.07) is 14.9. The van der Waals surface area contributed by atoms with Crippen LogP contribution in [-0.4, -0.2) is 36.9 Å². The van der Waals surface area contributed by atoms with E-state index in [1.54, 1.807) is 26.0 Å². The Hall–Kier alpha value is -3.02. The second kappa shape index (κ2) is 13.3. The van der Waals surface area contributed by atoms with Crippen LogP contribution in [0.25, 0.3) is 11.1 Å². The minimum Gasteiger partial charge on any atom is -0.508 e. The summed E-state index contributed by atoms with van der Waals surface area (Å²) in [5.74, 6) is -0.767. The molecule has 2 aromatic rings. The lowest BCUT2D eigenvalue weighted by Crippen LogP contribution is -2.28. The van der Waals surface area contributed by atoms with Gasteiger partial charge in [-0.3, -0.25) is 9.59 Å². The quantitative estimate of drug-likeness (QED) is 0.271. The van der Waals surface area contributed by atoms with E-state index >= 15 is 0 Å². The van der Waals surface area contributed by atoms with Crippen LogP contribution in [0.1, 0.15) is 46.0 Å². The van der Waals surface area contributed by atoms with Crippen molar-refractivity contribution in [2.24, 2.45) is 5.92 Å². The van der Waals surface area contributed by atoms with Gasteiger partial charge >= 0.3 is 11.9 Å². The number of unbranched alkanes of at least 4 members (excludes halogenated alkanes) is 3. The fourth-order valence-electron chi connectivity index (χ4n) is 3.21. The summed E-state index contributed by atoms with van der Waals surface area (Å²) in [6.45, 7) is 4.56. The van der Waals surface area contributed by atoms with Crippen LogP contribution in [0.2, 0.25) is 0 Å². The molecule has 0 fully saturated rings. The zero-order valence-electron chi connectivity index (χ0n) is 18.3. The second-order valence-electron chi connectivity index (χ2n) is 7.18. The number of phenolic OH excluding ortho intramolecular Hbond substituents is 1. The van der Waals surface area contributed by atoms with Gasteiger partial charge in [-0.25, -0.2) is 0 Å². The third-order valence-electron chi connectivity index (χ3n) is 4.85. The first kappa shape index (κ1) is 24.3.